The highest BCUT2D eigenvalue weighted by Gasteiger charge is 2.46. The molecule has 0 spiro atoms. The molecule has 118 valence electrons. The van der Waals surface area contributed by atoms with Crippen LogP contribution in [-0.2, 0) is 6.54 Å². The largest absolute Gasteiger partial charge is 0.491 e. The van der Waals surface area contributed by atoms with Crippen LogP contribution in [0.5, 0.6) is 5.75 Å². The molecular weight excluding hydrogens is 288 g/mol. The number of likely N-dealkylation sites (N-methyl/N-ethyl adjacent to an activating group) is 1. The van der Waals surface area contributed by atoms with Gasteiger partial charge in [-0.1, -0.05) is 6.92 Å². The van der Waals surface area contributed by atoms with E-state index in [1.807, 2.05) is 0 Å². The fourth-order valence-electron chi connectivity index (χ4n) is 3.30. The van der Waals surface area contributed by atoms with Gasteiger partial charge in [0.15, 0.2) is 11.4 Å². The molecule has 22 heavy (non-hydrogen) atoms. The SMILES string of the molecule is COc1c2n(cc(C(=O)O)c1=O)C[C@@H](C1CC1C)N(C)C2=O. The molecule has 0 aromatic carbocycles. The fraction of sp³-hybridized carbons (Fsp3) is 0.533. The quantitative estimate of drug-likeness (QED) is 0.886. The number of carbonyl (C=O) groups is 2. The molecule has 3 rings (SSSR count). The second-order valence-corrected chi connectivity index (χ2v) is 6.07. The van der Waals surface area contributed by atoms with Gasteiger partial charge < -0.3 is 19.3 Å². The Labute approximate surface area is 127 Å². The van der Waals surface area contributed by atoms with Gasteiger partial charge in [0.05, 0.1) is 13.2 Å². The summed E-state index contributed by atoms with van der Waals surface area (Å²) in [6, 6.07) is 0.0175. The Hall–Kier alpha value is -2.31. The number of pyridine rings is 1. The van der Waals surface area contributed by atoms with E-state index in [2.05, 4.69) is 6.92 Å². The summed E-state index contributed by atoms with van der Waals surface area (Å²) in [5.74, 6) is -0.843. The zero-order valence-electron chi connectivity index (χ0n) is 12.7. The molecule has 0 saturated heterocycles. The molecule has 7 nitrogen and oxygen atoms in total. The Kier molecular flexibility index (Phi) is 3.23. The van der Waals surface area contributed by atoms with Crippen LogP contribution in [0.1, 0.15) is 34.2 Å². The zero-order valence-corrected chi connectivity index (χ0v) is 12.7. The van der Waals surface area contributed by atoms with Crippen molar-refractivity contribution < 1.29 is 19.4 Å². The van der Waals surface area contributed by atoms with E-state index in [0.717, 1.165) is 6.42 Å². The number of carbonyl (C=O) groups excluding carboxylic acids is 1. The number of hydrogen-bond acceptors (Lipinski definition) is 4. The number of nitrogens with zero attached hydrogens (tertiary/aromatic N) is 2. The van der Waals surface area contributed by atoms with Gasteiger partial charge in [0.2, 0.25) is 5.43 Å². The number of hydrogen-bond donors (Lipinski definition) is 1. The second kappa shape index (κ2) is 4.86. The normalized spacial score (nSPS) is 26.6. The minimum Gasteiger partial charge on any atom is -0.491 e. The Balaban J connectivity index is 2.16. The van der Waals surface area contributed by atoms with E-state index in [-0.39, 0.29) is 29.0 Å². The van der Waals surface area contributed by atoms with Crippen molar-refractivity contribution in [2.24, 2.45) is 11.8 Å². The number of carboxylic acids is 1. The summed E-state index contributed by atoms with van der Waals surface area (Å²) in [4.78, 5) is 37.7. The van der Waals surface area contributed by atoms with Gasteiger partial charge in [-0.15, -0.1) is 0 Å². The van der Waals surface area contributed by atoms with Crippen LogP contribution in [0.3, 0.4) is 0 Å². The molecule has 1 N–H and O–H groups in total. The average molecular weight is 306 g/mol. The Bertz CT molecular complexity index is 723. The monoisotopic (exact) mass is 306 g/mol. The van der Waals surface area contributed by atoms with Gasteiger partial charge in [-0.25, -0.2) is 4.79 Å². The van der Waals surface area contributed by atoms with E-state index in [4.69, 9.17) is 4.74 Å². The number of aromatic carboxylic acids is 1. The minimum absolute atomic E-state index is 0.0175. The van der Waals surface area contributed by atoms with E-state index >= 15 is 0 Å². The molecule has 2 heterocycles. The fourth-order valence-corrected chi connectivity index (χ4v) is 3.30. The molecule has 1 fully saturated rings. The first kappa shape index (κ1) is 14.6. The molecule has 2 aliphatic rings. The van der Waals surface area contributed by atoms with Gasteiger partial charge in [0.25, 0.3) is 5.91 Å². The van der Waals surface area contributed by atoms with Gasteiger partial charge in [-0.2, -0.15) is 0 Å². The van der Waals surface area contributed by atoms with Crippen molar-refractivity contribution in [1.82, 2.24) is 9.47 Å². The van der Waals surface area contributed by atoms with Crippen LogP contribution in [0.4, 0.5) is 0 Å². The lowest BCUT2D eigenvalue weighted by Gasteiger charge is -2.36. The van der Waals surface area contributed by atoms with Gasteiger partial charge in [-0.05, 0) is 18.3 Å². The number of aromatic nitrogens is 1. The number of carboxylic acid groups (broad SMARTS) is 1. The third-order valence-corrected chi connectivity index (χ3v) is 4.74. The zero-order chi connectivity index (χ0) is 16.2. The summed E-state index contributed by atoms with van der Waals surface area (Å²) in [7, 11) is 2.99. The van der Waals surface area contributed by atoms with E-state index in [0.29, 0.717) is 18.4 Å². The van der Waals surface area contributed by atoms with Crippen molar-refractivity contribution in [2.75, 3.05) is 14.2 Å². The highest BCUT2D eigenvalue weighted by molar-refractivity contribution is 5.97. The Morgan fingerprint density at radius 3 is 2.55 bits per heavy atom. The van der Waals surface area contributed by atoms with E-state index in [9.17, 15) is 19.5 Å². The van der Waals surface area contributed by atoms with Crippen LogP contribution in [0.15, 0.2) is 11.0 Å². The lowest BCUT2D eigenvalue weighted by Crippen LogP contribution is -2.48. The second-order valence-electron chi connectivity index (χ2n) is 6.07. The lowest BCUT2D eigenvalue weighted by molar-refractivity contribution is 0.0606. The highest BCUT2D eigenvalue weighted by Crippen LogP contribution is 2.44. The molecule has 7 heteroatoms. The maximum Gasteiger partial charge on any atom is 0.341 e. The maximum absolute atomic E-state index is 12.6. The predicted octanol–water partition coefficient (Wildman–Crippen LogP) is 0.665. The van der Waals surface area contributed by atoms with E-state index in [1.54, 1.807) is 16.5 Å². The molecule has 3 atom stereocenters. The summed E-state index contributed by atoms with van der Waals surface area (Å²) < 4.78 is 6.60. The third kappa shape index (κ3) is 2.00. The number of ether oxygens (including phenoxy) is 1. The molecule has 1 aromatic heterocycles. The van der Waals surface area contributed by atoms with Crippen LogP contribution < -0.4 is 10.2 Å². The summed E-state index contributed by atoms with van der Waals surface area (Å²) in [5.41, 5.74) is -1.01. The highest BCUT2D eigenvalue weighted by atomic mass is 16.5. The lowest BCUT2D eigenvalue weighted by atomic mass is 10.0. The van der Waals surface area contributed by atoms with Crippen LogP contribution >= 0.6 is 0 Å². The Morgan fingerprint density at radius 2 is 2.05 bits per heavy atom. The van der Waals surface area contributed by atoms with Crippen LogP contribution in [0.2, 0.25) is 0 Å². The van der Waals surface area contributed by atoms with E-state index in [1.165, 1.54) is 13.3 Å². The third-order valence-electron chi connectivity index (χ3n) is 4.74. The molecule has 1 aromatic rings. The molecule has 1 saturated carbocycles. The number of methoxy groups -OCH3 is 1. The molecule has 1 aliphatic carbocycles. The average Bonchev–Trinajstić information content (AvgIpc) is 3.19. The molecule has 0 radical (unpaired) electrons. The molecular formula is C15H18N2O5. The molecule has 1 aliphatic heterocycles. The van der Waals surface area contributed by atoms with Gasteiger partial charge >= 0.3 is 5.97 Å². The smallest absolute Gasteiger partial charge is 0.341 e. The summed E-state index contributed by atoms with van der Waals surface area (Å²) >= 11 is 0. The van der Waals surface area contributed by atoms with Crippen molar-refractivity contribution in [3.05, 3.63) is 27.7 Å². The minimum atomic E-state index is -1.32. The first-order valence-corrected chi connectivity index (χ1v) is 7.18. The maximum atomic E-state index is 12.6. The van der Waals surface area contributed by atoms with E-state index < -0.39 is 11.4 Å². The molecule has 1 amide bonds. The van der Waals surface area contributed by atoms with Crippen LogP contribution in [0.25, 0.3) is 0 Å². The van der Waals surface area contributed by atoms with Gasteiger partial charge in [0.1, 0.15) is 5.56 Å². The van der Waals surface area contributed by atoms with Crippen molar-refractivity contribution in [1.29, 1.82) is 0 Å². The van der Waals surface area contributed by atoms with Crippen molar-refractivity contribution in [3.63, 3.8) is 0 Å². The summed E-state index contributed by atoms with van der Waals surface area (Å²) in [5, 5.41) is 9.17. The summed E-state index contributed by atoms with van der Waals surface area (Å²) in [6.07, 6.45) is 2.31. The van der Waals surface area contributed by atoms with Gasteiger partial charge in [-0.3, -0.25) is 9.59 Å². The number of rotatable bonds is 3. The standard InChI is InChI=1S/C15H18N2O5/c1-7-4-8(7)10-6-17-5-9(15(20)21)12(18)13(22-3)11(17)14(19)16(10)2/h5,7-8,10H,4,6H2,1-3H3,(H,20,21)/t7?,8?,10-/m0/s1. The molecule has 0 bridgehead atoms. The molecule has 2 unspecified atom stereocenters. The Morgan fingerprint density at radius 1 is 1.41 bits per heavy atom. The summed E-state index contributed by atoms with van der Waals surface area (Å²) in [6.45, 7) is 2.61. The van der Waals surface area contributed by atoms with Crippen molar-refractivity contribution in [3.8, 4) is 5.75 Å². The topological polar surface area (TPSA) is 88.8 Å². The van der Waals surface area contributed by atoms with Crippen molar-refractivity contribution in [2.45, 2.75) is 25.9 Å². The van der Waals surface area contributed by atoms with Crippen molar-refractivity contribution >= 4 is 11.9 Å². The van der Waals surface area contributed by atoms with Crippen LogP contribution in [-0.4, -0.2) is 46.6 Å². The first-order chi connectivity index (χ1) is 10.4. The number of fused-ring (bicyclic) bond motifs is 1. The number of amides is 1. The predicted molar refractivity (Wildman–Crippen MR) is 77.4 cm³/mol. The van der Waals surface area contributed by atoms with Crippen LogP contribution in [0, 0.1) is 11.8 Å². The first-order valence-electron chi connectivity index (χ1n) is 7.18. The van der Waals surface area contributed by atoms with Gasteiger partial charge in [0, 0.05) is 19.8 Å².